The summed E-state index contributed by atoms with van der Waals surface area (Å²) < 4.78 is 32.3. The number of nitrogens with one attached hydrogen (secondary N) is 1. The van der Waals surface area contributed by atoms with Crippen LogP contribution in [0, 0.1) is 5.92 Å². The van der Waals surface area contributed by atoms with Gasteiger partial charge in [0.05, 0.1) is 16.8 Å². The number of hydrogen-bond acceptors (Lipinski definition) is 5. The predicted octanol–water partition coefficient (Wildman–Crippen LogP) is 3.21. The fourth-order valence-electron chi connectivity index (χ4n) is 2.67. The lowest BCUT2D eigenvalue weighted by Crippen LogP contribution is -2.28. The molecule has 0 saturated heterocycles. The Kier molecular flexibility index (Phi) is 5.74. The van der Waals surface area contributed by atoms with E-state index in [1.165, 1.54) is 4.31 Å². The van der Waals surface area contributed by atoms with E-state index in [4.69, 9.17) is 4.42 Å². The molecule has 6 nitrogen and oxygen atoms in total. The topological polar surface area (TPSA) is 79.6 Å². The molecular formula is C18H22N2O4S2. The molecule has 0 aliphatic carbocycles. The van der Waals surface area contributed by atoms with Gasteiger partial charge in [-0.05, 0) is 36.8 Å². The van der Waals surface area contributed by atoms with Gasteiger partial charge in [0.15, 0.2) is 0 Å². The highest BCUT2D eigenvalue weighted by Gasteiger charge is 2.25. The SMILES string of the molecule is CC1CSc2ccc(S(=O)(=O)N(C)CCCc3ccco3)cc2NC1=O. The number of rotatable bonds is 6. The standard InChI is InChI=1S/C18H22N2O4S2/c1-13-12-25-17-8-7-15(11-16(17)19-18(13)21)26(22,23)20(2)9-3-5-14-6-4-10-24-14/h4,6-8,10-11,13H,3,5,9,12H2,1-2H3,(H,19,21). The normalized spacial score (nSPS) is 17.7. The summed E-state index contributed by atoms with van der Waals surface area (Å²) in [5, 5.41) is 2.83. The van der Waals surface area contributed by atoms with Gasteiger partial charge in [-0.1, -0.05) is 6.92 Å². The van der Waals surface area contributed by atoms with Crippen molar-refractivity contribution in [1.29, 1.82) is 0 Å². The molecule has 1 unspecified atom stereocenters. The molecule has 0 bridgehead atoms. The van der Waals surface area contributed by atoms with Gasteiger partial charge in [0.1, 0.15) is 5.76 Å². The maximum absolute atomic E-state index is 12.8. The summed E-state index contributed by atoms with van der Waals surface area (Å²) in [6.07, 6.45) is 2.96. The van der Waals surface area contributed by atoms with E-state index in [1.807, 2.05) is 19.1 Å². The van der Waals surface area contributed by atoms with Crippen molar-refractivity contribution in [2.24, 2.45) is 5.92 Å². The Labute approximate surface area is 158 Å². The zero-order valence-corrected chi connectivity index (χ0v) is 16.4. The Morgan fingerprint density at radius 2 is 2.15 bits per heavy atom. The first-order valence-electron chi connectivity index (χ1n) is 8.44. The first-order valence-corrected chi connectivity index (χ1v) is 10.9. The maximum Gasteiger partial charge on any atom is 0.242 e. The molecule has 2 aromatic rings. The van der Waals surface area contributed by atoms with Crippen LogP contribution in [0.2, 0.25) is 0 Å². The number of benzene rings is 1. The third-order valence-electron chi connectivity index (χ3n) is 4.33. The quantitative estimate of drug-likeness (QED) is 0.814. The minimum atomic E-state index is -3.61. The van der Waals surface area contributed by atoms with E-state index in [2.05, 4.69) is 5.32 Å². The van der Waals surface area contributed by atoms with Crippen LogP contribution in [0.3, 0.4) is 0 Å². The second kappa shape index (κ2) is 7.85. The maximum atomic E-state index is 12.8. The number of furan rings is 1. The molecule has 2 heterocycles. The summed E-state index contributed by atoms with van der Waals surface area (Å²) in [7, 11) is -2.05. The van der Waals surface area contributed by atoms with E-state index in [0.717, 1.165) is 10.7 Å². The van der Waals surface area contributed by atoms with E-state index in [-0.39, 0.29) is 16.7 Å². The van der Waals surface area contributed by atoms with Gasteiger partial charge < -0.3 is 9.73 Å². The summed E-state index contributed by atoms with van der Waals surface area (Å²) in [5.74, 6) is 1.32. The van der Waals surface area contributed by atoms with Crippen molar-refractivity contribution < 1.29 is 17.6 Å². The van der Waals surface area contributed by atoms with Gasteiger partial charge in [-0.2, -0.15) is 0 Å². The van der Waals surface area contributed by atoms with Gasteiger partial charge in [-0.3, -0.25) is 4.79 Å². The number of carbonyl (C=O) groups excluding carboxylic acids is 1. The monoisotopic (exact) mass is 394 g/mol. The van der Waals surface area contributed by atoms with Gasteiger partial charge in [0.2, 0.25) is 15.9 Å². The van der Waals surface area contributed by atoms with Crippen molar-refractivity contribution in [3.05, 3.63) is 42.4 Å². The smallest absolute Gasteiger partial charge is 0.242 e. The van der Waals surface area contributed by atoms with Crippen LogP contribution in [-0.2, 0) is 21.2 Å². The molecule has 0 radical (unpaired) electrons. The van der Waals surface area contributed by atoms with E-state index in [0.29, 0.717) is 30.8 Å². The van der Waals surface area contributed by atoms with Crippen LogP contribution in [0.15, 0.2) is 50.8 Å². The summed E-state index contributed by atoms with van der Waals surface area (Å²) >= 11 is 1.56. The van der Waals surface area contributed by atoms with Gasteiger partial charge in [0, 0.05) is 36.6 Å². The molecule has 1 N–H and O–H groups in total. The zero-order chi connectivity index (χ0) is 18.7. The first kappa shape index (κ1) is 19.0. The highest BCUT2D eigenvalue weighted by molar-refractivity contribution is 7.99. The van der Waals surface area contributed by atoms with Crippen molar-refractivity contribution in [1.82, 2.24) is 4.31 Å². The number of amides is 1. The average molecular weight is 395 g/mol. The van der Waals surface area contributed by atoms with E-state index < -0.39 is 10.0 Å². The molecule has 1 atom stereocenters. The predicted molar refractivity (Wildman–Crippen MR) is 102 cm³/mol. The number of nitrogens with zero attached hydrogens (tertiary/aromatic N) is 1. The third-order valence-corrected chi connectivity index (χ3v) is 7.52. The zero-order valence-electron chi connectivity index (χ0n) is 14.8. The van der Waals surface area contributed by atoms with Crippen molar-refractivity contribution in [3.8, 4) is 0 Å². The number of aryl methyl sites for hydroxylation is 1. The van der Waals surface area contributed by atoms with Crippen LogP contribution in [0.1, 0.15) is 19.1 Å². The van der Waals surface area contributed by atoms with Crippen LogP contribution in [-0.4, -0.2) is 38.0 Å². The van der Waals surface area contributed by atoms with Crippen molar-refractivity contribution in [2.45, 2.75) is 29.6 Å². The van der Waals surface area contributed by atoms with Crippen molar-refractivity contribution in [3.63, 3.8) is 0 Å². The molecule has 0 spiro atoms. The minimum absolute atomic E-state index is 0.0856. The van der Waals surface area contributed by atoms with E-state index in [9.17, 15) is 13.2 Å². The number of sulfonamides is 1. The number of anilines is 1. The Morgan fingerprint density at radius 3 is 2.88 bits per heavy atom. The van der Waals surface area contributed by atoms with Crippen LogP contribution in [0.25, 0.3) is 0 Å². The van der Waals surface area contributed by atoms with Crippen molar-refractivity contribution in [2.75, 3.05) is 24.7 Å². The van der Waals surface area contributed by atoms with E-state index in [1.54, 1.807) is 43.3 Å². The molecule has 1 aromatic carbocycles. The Morgan fingerprint density at radius 1 is 1.35 bits per heavy atom. The molecule has 0 fully saturated rings. The molecule has 1 aliphatic rings. The Hall–Kier alpha value is -1.77. The lowest BCUT2D eigenvalue weighted by molar-refractivity contribution is -0.118. The van der Waals surface area contributed by atoms with Crippen LogP contribution in [0.5, 0.6) is 0 Å². The summed E-state index contributed by atoms with van der Waals surface area (Å²) in [5.41, 5.74) is 0.564. The second-order valence-electron chi connectivity index (χ2n) is 6.37. The highest BCUT2D eigenvalue weighted by Crippen LogP contribution is 2.34. The Balaban J connectivity index is 1.72. The minimum Gasteiger partial charge on any atom is -0.469 e. The lowest BCUT2D eigenvalue weighted by atomic mass is 10.2. The first-order chi connectivity index (χ1) is 12.4. The van der Waals surface area contributed by atoms with Crippen LogP contribution < -0.4 is 5.32 Å². The van der Waals surface area contributed by atoms with Gasteiger partial charge in [0.25, 0.3) is 0 Å². The van der Waals surface area contributed by atoms with Gasteiger partial charge >= 0.3 is 0 Å². The third kappa shape index (κ3) is 4.13. The number of thioether (sulfide) groups is 1. The molecule has 26 heavy (non-hydrogen) atoms. The molecule has 1 aromatic heterocycles. The molecule has 1 amide bonds. The number of hydrogen-bond donors (Lipinski definition) is 1. The van der Waals surface area contributed by atoms with E-state index >= 15 is 0 Å². The van der Waals surface area contributed by atoms with Crippen LogP contribution >= 0.6 is 11.8 Å². The van der Waals surface area contributed by atoms with Crippen molar-refractivity contribution >= 4 is 33.4 Å². The lowest BCUT2D eigenvalue weighted by Gasteiger charge is -2.18. The largest absolute Gasteiger partial charge is 0.469 e. The van der Waals surface area contributed by atoms with Gasteiger partial charge in [-0.25, -0.2) is 12.7 Å². The average Bonchev–Trinajstić information content (AvgIpc) is 3.08. The highest BCUT2D eigenvalue weighted by atomic mass is 32.2. The second-order valence-corrected chi connectivity index (χ2v) is 9.48. The number of fused-ring (bicyclic) bond motifs is 1. The summed E-state index contributed by atoms with van der Waals surface area (Å²) in [6, 6.07) is 8.62. The summed E-state index contributed by atoms with van der Waals surface area (Å²) in [6.45, 7) is 2.25. The molecule has 3 rings (SSSR count). The van der Waals surface area contributed by atoms with Crippen LogP contribution in [0.4, 0.5) is 5.69 Å². The Bertz CT molecular complexity index is 879. The molecule has 1 aliphatic heterocycles. The number of carbonyl (C=O) groups is 1. The fourth-order valence-corrected chi connectivity index (χ4v) is 4.92. The molecule has 8 heteroatoms. The molecule has 140 valence electrons. The molecular weight excluding hydrogens is 372 g/mol. The fraction of sp³-hybridized carbons (Fsp3) is 0.389. The van der Waals surface area contributed by atoms with Gasteiger partial charge in [-0.15, -0.1) is 11.8 Å². The molecule has 0 saturated carbocycles. The summed E-state index contributed by atoms with van der Waals surface area (Å²) in [4.78, 5) is 13.1.